The van der Waals surface area contributed by atoms with E-state index in [4.69, 9.17) is 4.74 Å². The Morgan fingerprint density at radius 3 is 2.96 bits per heavy atom. The maximum atomic E-state index is 11.8. The van der Waals surface area contributed by atoms with Gasteiger partial charge in [-0.15, -0.1) is 0 Å². The summed E-state index contributed by atoms with van der Waals surface area (Å²) in [5.74, 6) is 1.77. The van der Waals surface area contributed by atoms with Crippen molar-refractivity contribution in [2.24, 2.45) is 0 Å². The molecule has 1 aromatic carbocycles. The molecule has 1 saturated heterocycles. The first-order valence-electron chi connectivity index (χ1n) is 8.79. The van der Waals surface area contributed by atoms with Crippen LogP contribution in [0.3, 0.4) is 0 Å². The molecule has 0 spiro atoms. The quantitative estimate of drug-likeness (QED) is 0.876. The van der Waals surface area contributed by atoms with Crippen LogP contribution in [0.5, 0.6) is 5.75 Å². The van der Waals surface area contributed by atoms with Gasteiger partial charge in [0.2, 0.25) is 0 Å². The maximum Gasteiger partial charge on any atom is 0.259 e. The minimum Gasteiger partial charge on any atom is -0.483 e. The molecule has 1 aromatic heterocycles. The van der Waals surface area contributed by atoms with Gasteiger partial charge in [0.1, 0.15) is 11.6 Å². The first-order chi connectivity index (χ1) is 12.1. The molecule has 0 unspecified atom stereocenters. The third-order valence-electron chi connectivity index (χ3n) is 4.64. The number of nitrogens with zero attached hydrogens (tertiary/aromatic N) is 3. The molecule has 0 saturated carbocycles. The number of aromatic amines is 1. The molecule has 134 valence electrons. The van der Waals surface area contributed by atoms with Gasteiger partial charge >= 0.3 is 0 Å². The molecule has 1 N–H and O–H groups in total. The van der Waals surface area contributed by atoms with Crippen molar-refractivity contribution in [3.63, 3.8) is 0 Å². The molecule has 25 heavy (non-hydrogen) atoms. The fourth-order valence-electron chi connectivity index (χ4n) is 3.21. The number of carbonyl (C=O) groups is 1. The van der Waals surface area contributed by atoms with Gasteiger partial charge in [-0.1, -0.05) is 24.6 Å². The SMILES string of the molecule is CN(C)C(=O)COc1ccccc1CN1CCCC[C@H]1c1ncc[nH]1. The second kappa shape index (κ2) is 8.16. The van der Waals surface area contributed by atoms with Crippen LogP contribution in [0.4, 0.5) is 0 Å². The highest BCUT2D eigenvalue weighted by Crippen LogP contribution is 2.31. The van der Waals surface area contributed by atoms with Crippen LogP contribution in [0.25, 0.3) is 0 Å². The van der Waals surface area contributed by atoms with E-state index in [0.29, 0.717) is 6.04 Å². The molecule has 3 rings (SSSR count). The minimum absolute atomic E-state index is 0.0405. The lowest BCUT2D eigenvalue weighted by Crippen LogP contribution is -2.34. The first-order valence-corrected chi connectivity index (χ1v) is 8.79. The number of hydrogen-bond donors (Lipinski definition) is 1. The minimum atomic E-state index is -0.0405. The molecule has 1 fully saturated rings. The van der Waals surface area contributed by atoms with E-state index in [1.54, 1.807) is 19.0 Å². The normalized spacial score (nSPS) is 18.1. The molecule has 6 heteroatoms. The second-order valence-corrected chi connectivity index (χ2v) is 6.64. The van der Waals surface area contributed by atoms with E-state index in [0.717, 1.165) is 36.6 Å². The summed E-state index contributed by atoms with van der Waals surface area (Å²) in [6.45, 7) is 1.89. The summed E-state index contributed by atoms with van der Waals surface area (Å²) < 4.78 is 5.79. The Kier molecular flexibility index (Phi) is 5.71. The van der Waals surface area contributed by atoms with Gasteiger partial charge in [-0.25, -0.2) is 4.98 Å². The molecule has 2 heterocycles. The monoisotopic (exact) mass is 342 g/mol. The van der Waals surface area contributed by atoms with Crippen molar-refractivity contribution < 1.29 is 9.53 Å². The Bertz CT molecular complexity index is 684. The highest BCUT2D eigenvalue weighted by molar-refractivity contribution is 5.77. The van der Waals surface area contributed by atoms with Crippen LogP contribution in [0.15, 0.2) is 36.7 Å². The lowest BCUT2D eigenvalue weighted by molar-refractivity contribution is -0.130. The van der Waals surface area contributed by atoms with Gasteiger partial charge in [-0.3, -0.25) is 9.69 Å². The maximum absolute atomic E-state index is 11.8. The average Bonchev–Trinajstić information content (AvgIpc) is 3.15. The summed E-state index contributed by atoms with van der Waals surface area (Å²) in [7, 11) is 3.47. The summed E-state index contributed by atoms with van der Waals surface area (Å²) >= 11 is 0. The number of ether oxygens (including phenoxy) is 1. The summed E-state index contributed by atoms with van der Waals surface area (Å²) in [5.41, 5.74) is 1.10. The Morgan fingerprint density at radius 1 is 1.36 bits per heavy atom. The lowest BCUT2D eigenvalue weighted by Gasteiger charge is -2.34. The van der Waals surface area contributed by atoms with Crippen LogP contribution < -0.4 is 4.74 Å². The highest BCUT2D eigenvalue weighted by atomic mass is 16.5. The topological polar surface area (TPSA) is 61.5 Å². The molecule has 0 aliphatic carbocycles. The number of H-pyrrole nitrogens is 1. The molecule has 6 nitrogen and oxygen atoms in total. The van der Waals surface area contributed by atoms with Crippen LogP contribution in [-0.4, -0.2) is 52.9 Å². The highest BCUT2D eigenvalue weighted by Gasteiger charge is 2.26. The van der Waals surface area contributed by atoms with E-state index in [2.05, 4.69) is 20.9 Å². The molecule has 0 bridgehead atoms. The van der Waals surface area contributed by atoms with Crippen molar-refractivity contribution in [2.75, 3.05) is 27.2 Å². The number of benzene rings is 1. The first kappa shape index (κ1) is 17.5. The predicted molar refractivity (Wildman–Crippen MR) is 96.2 cm³/mol. The number of amides is 1. The van der Waals surface area contributed by atoms with Crippen molar-refractivity contribution in [1.29, 1.82) is 0 Å². The number of nitrogens with one attached hydrogen (secondary N) is 1. The van der Waals surface area contributed by atoms with Gasteiger partial charge < -0.3 is 14.6 Å². The Morgan fingerprint density at radius 2 is 2.20 bits per heavy atom. The molecule has 1 atom stereocenters. The fourth-order valence-corrected chi connectivity index (χ4v) is 3.21. The molecular weight excluding hydrogens is 316 g/mol. The van der Waals surface area contributed by atoms with Gasteiger partial charge in [-0.2, -0.15) is 0 Å². The van der Waals surface area contributed by atoms with E-state index in [1.165, 1.54) is 12.8 Å². The predicted octanol–water partition coefficient (Wildman–Crippen LogP) is 2.60. The number of piperidine rings is 1. The molecule has 2 aromatic rings. The summed E-state index contributed by atoms with van der Waals surface area (Å²) in [5, 5.41) is 0. The van der Waals surface area contributed by atoms with Crippen molar-refractivity contribution in [3.8, 4) is 5.75 Å². The zero-order chi connectivity index (χ0) is 17.6. The van der Waals surface area contributed by atoms with E-state index in [9.17, 15) is 4.79 Å². The molecular formula is C19H26N4O2. The Hall–Kier alpha value is -2.34. The van der Waals surface area contributed by atoms with Gasteiger partial charge in [0.05, 0.1) is 6.04 Å². The largest absolute Gasteiger partial charge is 0.483 e. The van der Waals surface area contributed by atoms with Gasteiger partial charge in [0.15, 0.2) is 6.61 Å². The fraction of sp³-hybridized carbons (Fsp3) is 0.474. The summed E-state index contributed by atoms with van der Waals surface area (Å²) in [4.78, 5) is 23.5. The van der Waals surface area contributed by atoms with E-state index in [1.807, 2.05) is 30.6 Å². The third kappa shape index (κ3) is 4.39. The van der Waals surface area contributed by atoms with Crippen LogP contribution in [0.2, 0.25) is 0 Å². The van der Waals surface area contributed by atoms with Gasteiger partial charge in [0.25, 0.3) is 5.91 Å². The Labute approximate surface area is 148 Å². The number of likely N-dealkylation sites (N-methyl/N-ethyl adjacent to an activating group) is 1. The van der Waals surface area contributed by atoms with Crippen LogP contribution >= 0.6 is 0 Å². The van der Waals surface area contributed by atoms with Crippen LogP contribution in [0, 0.1) is 0 Å². The summed E-state index contributed by atoms with van der Waals surface area (Å²) in [6.07, 6.45) is 7.21. The lowest BCUT2D eigenvalue weighted by atomic mass is 10.0. The van der Waals surface area contributed by atoms with E-state index < -0.39 is 0 Å². The van der Waals surface area contributed by atoms with Crippen molar-refractivity contribution in [2.45, 2.75) is 31.8 Å². The zero-order valence-corrected chi connectivity index (χ0v) is 14.9. The number of rotatable bonds is 6. The number of carbonyl (C=O) groups excluding carboxylic acids is 1. The summed E-state index contributed by atoms with van der Waals surface area (Å²) in [6, 6.07) is 8.27. The van der Waals surface area contributed by atoms with Gasteiger partial charge in [-0.05, 0) is 25.5 Å². The van der Waals surface area contributed by atoms with Crippen LogP contribution in [0.1, 0.15) is 36.7 Å². The van der Waals surface area contributed by atoms with Gasteiger partial charge in [0, 0.05) is 38.6 Å². The molecule has 0 radical (unpaired) electrons. The Balaban J connectivity index is 1.72. The smallest absolute Gasteiger partial charge is 0.259 e. The number of hydrogen-bond acceptors (Lipinski definition) is 4. The number of aromatic nitrogens is 2. The average molecular weight is 342 g/mol. The standard InChI is InChI=1S/C19H26N4O2/c1-22(2)18(24)14-25-17-9-4-3-7-15(17)13-23-12-6-5-8-16(23)19-20-10-11-21-19/h3-4,7,9-11,16H,5-6,8,12-14H2,1-2H3,(H,20,21)/t16-/m0/s1. The number of imidazole rings is 1. The number of para-hydroxylation sites is 1. The molecule has 1 aliphatic rings. The van der Waals surface area contributed by atoms with Crippen molar-refractivity contribution in [3.05, 3.63) is 48.0 Å². The van der Waals surface area contributed by atoms with Crippen molar-refractivity contribution >= 4 is 5.91 Å². The van der Waals surface area contributed by atoms with Crippen molar-refractivity contribution in [1.82, 2.24) is 19.8 Å². The third-order valence-corrected chi connectivity index (χ3v) is 4.64. The molecule has 1 aliphatic heterocycles. The van der Waals surface area contributed by atoms with E-state index in [-0.39, 0.29) is 12.5 Å². The second-order valence-electron chi connectivity index (χ2n) is 6.64. The van der Waals surface area contributed by atoms with E-state index >= 15 is 0 Å². The number of likely N-dealkylation sites (tertiary alicyclic amines) is 1. The molecule has 1 amide bonds. The zero-order valence-electron chi connectivity index (χ0n) is 14.9. The van der Waals surface area contributed by atoms with Crippen LogP contribution in [-0.2, 0) is 11.3 Å².